The van der Waals surface area contributed by atoms with Crippen LogP contribution in [0.1, 0.15) is 26.2 Å². The van der Waals surface area contributed by atoms with Crippen LogP contribution in [0.5, 0.6) is 0 Å². The predicted molar refractivity (Wildman–Crippen MR) is 83.3 cm³/mol. The highest BCUT2D eigenvalue weighted by atomic mass is 32.2. The van der Waals surface area contributed by atoms with Gasteiger partial charge in [0.25, 0.3) is 5.69 Å². The minimum Gasteiger partial charge on any atom is -0.341 e. The molecule has 1 heterocycles. The van der Waals surface area contributed by atoms with E-state index in [1.807, 2.05) is 0 Å². The second-order valence-electron chi connectivity index (χ2n) is 5.48. The van der Waals surface area contributed by atoms with E-state index in [0.717, 1.165) is 43.5 Å². The van der Waals surface area contributed by atoms with Crippen LogP contribution < -0.4 is 4.72 Å². The number of nitrogens with zero attached hydrogens (tertiary/aromatic N) is 2. The summed E-state index contributed by atoms with van der Waals surface area (Å²) in [6.45, 7) is 2.78. The van der Waals surface area contributed by atoms with Gasteiger partial charge in [-0.2, -0.15) is 4.72 Å². The summed E-state index contributed by atoms with van der Waals surface area (Å²) in [5, 5.41) is 10.6. The van der Waals surface area contributed by atoms with Gasteiger partial charge in [0.1, 0.15) is 0 Å². The number of sulfonamides is 1. The fourth-order valence-corrected chi connectivity index (χ4v) is 3.68. The second-order valence-corrected chi connectivity index (χ2v) is 7.19. The number of hydrogen-bond donors (Lipinski definition) is 1. The van der Waals surface area contributed by atoms with E-state index < -0.39 is 21.0 Å². The lowest BCUT2D eigenvalue weighted by molar-refractivity contribution is -0.384. The van der Waals surface area contributed by atoms with Gasteiger partial charge in [-0.3, -0.25) is 14.9 Å². The van der Waals surface area contributed by atoms with Crippen molar-refractivity contribution in [3.63, 3.8) is 0 Å². The molecule has 1 saturated heterocycles. The minimum atomic E-state index is -3.91. The van der Waals surface area contributed by atoms with Gasteiger partial charge in [0.2, 0.25) is 15.9 Å². The fraction of sp³-hybridized carbons (Fsp3) is 0.500. The molecule has 23 heavy (non-hydrogen) atoms. The summed E-state index contributed by atoms with van der Waals surface area (Å²) in [5.74, 6) is -0.254. The number of benzene rings is 1. The number of carbonyl (C=O) groups is 1. The number of hydrogen-bond acceptors (Lipinski definition) is 5. The van der Waals surface area contributed by atoms with Crippen LogP contribution in [-0.2, 0) is 14.8 Å². The van der Waals surface area contributed by atoms with E-state index in [4.69, 9.17) is 0 Å². The molecule has 0 aromatic heterocycles. The molecule has 126 valence electrons. The first kappa shape index (κ1) is 17.4. The van der Waals surface area contributed by atoms with Crippen LogP contribution in [0.15, 0.2) is 29.2 Å². The van der Waals surface area contributed by atoms with Crippen molar-refractivity contribution in [1.82, 2.24) is 9.62 Å². The van der Waals surface area contributed by atoms with Crippen LogP contribution in [0.25, 0.3) is 0 Å². The smallest absolute Gasteiger partial charge is 0.269 e. The van der Waals surface area contributed by atoms with E-state index in [2.05, 4.69) is 4.72 Å². The summed E-state index contributed by atoms with van der Waals surface area (Å²) < 4.78 is 26.8. The first-order valence-electron chi connectivity index (χ1n) is 7.37. The van der Waals surface area contributed by atoms with E-state index >= 15 is 0 Å². The maximum Gasteiger partial charge on any atom is 0.269 e. The van der Waals surface area contributed by atoms with E-state index in [1.54, 1.807) is 4.90 Å². The minimum absolute atomic E-state index is 0.110. The second kappa shape index (κ2) is 7.05. The molecule has 1 unspecified atom stereocenters. The largest absolute Gasteiger partial charge is 0.341 e. The lowest BCUT2D eigenvalue weighted by Gasteiger charge is -2.29. The third kappa shape index (κ3) is 4.26. The van der Waals surface area contributed by atoms with Gasteiger partial charge in [0.05, 0.1) is 15.9 Å². The van der Waals surface area contributed by atoms with Crippen LogP contribution in [0.4, 0.5) is 5.69 Å². The Hall–Kier alpha value is -2.00. The van der Waals surface area contributed by atoms with Crippen LogP contribution in [0.3, 0.4) is 0 Å². The van der Waals surface area contributed by atoms with Crippen molar-refractivity contribution in [2.75, 3.05) is 13.1 Å². The Kier molecular flexibility index (Phi) is 5.32. The molecule has 1 N–H and O–H groups in total. The molecule has 1 aliphatic heterocycles. The molecular weight excluding hydrogens is 322 g/mol. The van der Waals surface area contributed by atoms with Crippen molar-refractivity contribution >= 4 is 21.6 Å². The third-order valence-electron chi connectivity index (χ3n) is 3.73. The number of likely N-dealkylation sites (tertiary alicyclic amines) is 1. The number of non-ortho nitro benzene ring substituents is 1. The zero-order valence-corrected chi connectivity index (χ0v) is 13.6. The van der Waals surface area contributed by atoms with Gasteiger partial charge >= 0.3 is 0 Å². The number of amides is 1. The summed E-state index contributed by atoms with van der Waals surface area (Å²) >= 11 is 0. The molecule has 0 bridgehead atoms. The van der Waals surface area contributed by atoms with Crippen LogP contribution >= 0.6 is 0 Å². The maximum absolute atomic E-state index is 12.3. The number of nitrogens with one attached hydrogen (secondary N) is 1. The van der Waals surface area contributed by atoms with Gasteiger partial charge in [0, 0.05) is 25.2 Å². The summed E-state index contributed by atoms with van der Waals surface area (Å²) in [6, 6.07) is 3.65. The van der Waals surface area contributed by atoms with Gasteiger partial charge in [-0.05, 0) is 38.3 Å². The van der Waals surface area contributed by atoms with Crippen LogP contribution in [-0.4, -0.2) is 43.3 Å². The Morgan fingerprint density at radius 3 is 2.30 bits per heavy atom. The van der Waals surface area contributed by atoms with Gasteiger partial charge < -0.3 is 4.90 Å². The van der Waals surface area contributed by atoms with Crippen molar-refractivity contribution in [2.45, 2.75) is 37.1 Å². The fourth-order valence-electron chi connectivity index (χ4n) is 2.49. The molecule has 1 aromatic rings. The Balaban J connectivity index is 2.07. The number of nitro benzene ring substituents is 1. The molecule has 1 atom stereocenters. The zero-order chi connectivity index (χ0) is 17.0. The van der Waals surface area contributed by atoms with Gasteiger partial charge in [0.15, 0.2) is 0 Å². The molecule has 8 nitrogen and oxygen atoms in total. The first-order valence-corrected chi connectivity index (χ1v) is 8.85. The SMILES string of the molecule is CC(NS(=O)(=O)c1ccc([N+](=O)[O-])cc1)C(=O)N1CCCCC1. The molecule has 2 rings (SSSR count). The lowest BCUT2D eigenvalue weighted by Crippen LogP contribution is -2.48. The average molecular weight is 341 g/mol. The van der Waals surface area contributed by atoms with E-state index in [9.17, 15) is 23.3 Å². The highest BCUT2D eigenvalue weighted by Crippen LogP contribution is 2.16. The highest BCUT2D eigenvalue weighted by Gasteiger charge is 2.26. The Morgan fingerprint density at radius 1 is 1.22 bits per heavy atom. The Labute approximate surface area is 134 Å². The zero-order valence-electron chi connectivity index (χ0n) is 12.8. The van der Waals surface area contributed by atoms with Gasteiger partial charge in [-0.25, -0.2) is 8.42 Å². The molecule has 1 amide bonds. The molecule has 1 fully saturated rings. The highest BCUT2D eigenvalue weighted by molar-refractivity contribution is 7.89. The average Bonchev–Trinajstić information content (AvgIpc) is 2.54. The molecule has 1 aromatic carbocycles. The molecule has 0 aliphatic carbocycles. The Bertz CT molecular complexity index is 681. The van der Waals surface area contributed by atoms with Crippen molar-refractivity contribution in [3.05, 3.63) is 34.4 Å². The summed E-state index contributed by atoms with van der Waals surface area (Å²) in [5.41, 5.74) is -0.193. The Morgan fingerprint density at radius 2 is 1.78 bits per heavy atom. The third-order valence-corrected chi connectivity index (χ3v) is 5.28. The van der Waals surface area contributed by atoms with E-state index in [0.29, 0.717) is 13.1 Å². The molecule has 0 saturated carbocycles. The van der Waals surface area contributed by atoms with Crippen molar-refractivity contribution in [3.8, 4) is 0 Å². The first-order chi connectivity index (χ1) is 10.8. The van der Waals surface area contributed by atoms with E-state index in [1.165, 1.54) is 6.92 Å². The van der Waals surface area contributed by atoms with Gasteiger partial charge in [-0.15, -0.1) is 0 Å². The topological polar surface area (TPSA) is 110 Å². The molecule has 9 heteroatoms. The molecular formula is C14H19N3O5S. The lowest BCUT2D eigenvalue weighted by atomic mass is 10.1. The van der Waals surface area contributed by atoms with E-state index in [-0.39, 0.29) is 16.5 Å². The molecule has 1 aliphatic rings. The quantitative estimate of drug-likeness (QED) is 0.641. The predicted octanol–water partition coefficient (Wildman–Crippen LogP) is 1.27. The van der Waals surface area contributed by atoms with Crippen LogP contribution in [0.2, 0.25) is 0 Å². The van der Waals surface area contributed by atoms with Crippen LogP contribution in [0, 0.1) is 10.1 Å². The molecule has 0 radical (unpaired) electrons. The molecule has 0 spiro atoms. The van der Waals surface area contributed by atoms with Gasteiger partial charge in [-0.1, -0.05) is 0 Å². The normalized spacial score (nSPS) is 16.8. The summed E-state index contributed by atoms with van der Waals surface area (Å²) in [4.78, 5) is 23.8. The number of carbonyl (C=O) groups excluding carboxylic acids is 1. The van der Waals surface area contributed by atoms with Crippen molar-refractivity contribution in [2.24, 2.45) is 0 Å². The number of piperidine rings is 1. The standard InChI is InChI=1S/C14H19N3O5S/c1-11(14(18)16-9-3-2-4-10-16)15-23(21,22)13-7-5-12(6-8-13)17(19)20/h5-8,11,15H,2-4,9-10H2,1H3. The van der Waals surface area contributed by atoms with Crippen molar-refractivity contribution < 1.29 is 18.1 Å². The number of nitro groups is 1. The maximum atomic E-state index is 12.3. The summed E-state index contributed by atoms with van der Waals surface area (Å²) in [7, 11) is -3.91. The monoisotopic (exact) mass is 341 g/mol. The summed E-state index contributed by atoms with van der Waals surface area (Å²) in [6.07, 6.45) is 2.92. The van der Waals surface area contributed by atoms with Crippen molar-refractivity contribution in [1.29, 1.82) is 0 Å². The number of rotatable bonds is 5.